The Morgan fingerprint density at radius 1 is 0.971 bits per heavy atom. The number of aryl methyl sites for hydroxylation is 1. The maximum atomic E-state index is 6.33. The molecule has 1 saturated heterocycles. The third kappa shape index (κ3) is 3.49. The van der Waals surface area contributed by atoms with Crippen LogP contribution >= 0.6 is 0 Å². The third-order valence-electron chi connectivity index (χ3n) is 7.08. The summed E-state index contributed by atoms with van der Waals surface area (Å²) in [6.07, 6.45) is 3.90. The highest BCUT2D eigenvalue weighted by Crippen LogP contribution is 2.51. The fourth-order valence-corrected chi connectivity index (χ4v) is 5.63. The smallest absolute Gasteiger partial charge is 0.146 e. The van der Waals surface area contributed by atoms with E-state index >= 15 is 0 Å². The van der Waals surface area contributed by atoms with Crippen LogP contribution in [-0.4, -0.2) is 39.6 Å². The average molecular weight is 450 g/mol. The highest BCUT2D eigenvalue weighted by Gasteiger charge is 2.50. The number of nitrogens with two attached hydrogens (primary N) is 1. The van der Waals surface area contributed by atoms with Gasteiger partial charge in [-0.3, -0.25) is 0 Å². The van der Waals surface area contributed by atoms with Gasteiger partial charge in [0.15, 0.2) is 0 Å². The number of nitrogens with zero attached hydrogens (tertiary/aromatic N) is 4. The molecule has 0 atom stereocenters. The number of hydrogen-bond donors (Lipinski definition) is 1. The van der Waals surface area contributed by atoms with Gasteiger partial charge in [-0.25, -0.2) is 9.97 Å². The van der Waals surface area contributed by atoms with E-state index in [1.165, 1.54) is 32.3 Å². The Kier molecular flexibility index (Phi) is 4.82. The van der Waals surface area contributed by atoms with Crippen LogP contribution in [0.1, 0.15) is 18.5 Å². The van der Waals surface area contributed by atoms with E-state index in [0.717, 1.165) is 39.4 Å². The summed E-state index contributed by atoms with van der Waals surface area (Å²) < 4.78 is 8.01. The Labute approximate surface area is 199 Å². The van der Waals surface area contributed by atoms with Crippen molar-refractivity contribution in [1.29, 1.82) is 0 Å². The number of fused-ring (bicyclic) bond motifs is 1. The zero-order valence-electron chi connectivity index (χ0n) is 19.5. The molecule has 2 aromatic carbocycles. The van der Waals surface area contributed by atoms with Crippen LogP contribution in [0.15, 0.2) is 60.9 Å². The lowest BCUT2D eigenvalue weighted by atomic mass is 9.58. The SMILES string of the molecule is CN1CC2(CC(C#Cc3c(-c4ccc(Oc5ccccc5)cc4)c4c(N)ncnc4n3C)C2)C1. The number of nitrogen functional groups attached to an aromatic ring is 1. The minimum Gasteiger partial charge on any atom is -0.457 e. The van der Waals surface area contributed by atoms with E-state index < -0.39 is 0 Å². The van der Waals surface area contributed by atoms with Crippen LogP contribution in [0.5, 0.6) is 11.5 Å². The highest BCUT2D eigenvalue weighted by atomic mass is 16.5. The van der Waals surface area contributed by atoms with Gasteiger partial charge in [-0.1, -0.05) is 36.3 Å². The molecule has 6 nitrogen and oxygen atoms in total. The van der Waals surface area contributed by atoms with E-state index in [9.17, 15) is 0 Å². The number of anilines is 1. The first kappa shape index (κ1) is 20.8. The van der Waals surface area contributed by atoms with Gasteiger partial charge in [-0.05, 0) is 61.1 Å². The van der Waals surface area contributed by atoms with E-state index in [-0.39, 0.29) is 0 Å². The Balaban J connectivity index is 1.35. The summed E-state index contributed by atoms with van der Waals surface area (Å²) in [5.74, 6) is 9.54. The van der Waals surface area contributed by atoms with E-state index in [1.54, 1.807) is 0 Å². The quantitative estimate of drug-likeness (QED) is 0.459. The van der Waals surface area contributed by atoms with Gasteiger partial charge >= 0.3 is 0 Å². The van der Waals surface area contributed by atoms with E-state index in [2.05, 4.69) is 33.8 Å². The number of rotatable bonds is 3. The standard InChI is InChI=1S/C28H27N5O/c1-32-16-28(17-32)14-19(15-28)8-13-23-24(25-26(29)30-18-31-27(25)33(23)2)20-9-11-22(12-10-20)34-21-6-4-3-5-7-21/h3-7,9-12,18-19H,14-17H2,1-2H3,(H2,29,30,31). The van der Waals surface area contributed by atoms with Crippen molar-refractivity contribution in [3.8, 4) is 34.5 Å². The van der Waals surface area contributed by atoms with Gasteiger partial charge in [-0.15, -0.1) is 0 Å². The van der Waals surface area contributed by atoms with E-state index in [1.807, 2.05) is 66.2 Å². The largest absolute Gasteiger partial charge is 0.457 e. The molecule has 0 bridgehead atoms. The summed E-state index contributed by atoms with van der Waals surface area (Å²) in [6, 6.07) is 17.8. The minimum absolute atomic E-state index is 0.449. The van der Waals surface area contributed by atoms with Gasteiger partial charge in [0.2, 0.25) is 0 Å². The molecule has 3 heterocycles. The lowest BCUT2D eigenvalue weighted by Crippen LogP contribution is -2.60. The topological polar surface area (TPSA) is 69.2 Å². The molecule has 6 rings (SSSR count). The second-order valence-electron chi connectivity index (χ2n) is 9.73. The van der Waals surface area contributed by atoms with Crippen LogP contribution in [0.3, 0.4) is 0 Å². The average Bonchev–Trinajstić information content (AvgIpc) is 3.08. The summed E-state index contributed by atoms with van der Waals surface area (Å²) in [5, 5.41) is 0.844. The van der Waals surface area contributed by atoms with Crippen LogP contribution in [0, 0.1) is 23.2 Å². The Morgan fingerprint density at radius 2 is 1.68 bits per heavy atom. The van der Waals surface area contributed by atoms with E-state index in [4.69, 9.17) is 10.5 Å². The molecule has 0 amide bonds. The number of benzene rings is 2. The molecule has 2 N–H and O–H groups in total. The molecule has 1 aliphatic heterocycles. The molecule has 4 aromatic rings. The molecule has 2 aliphatic rings. The van der Waals surface area contributed by atoms with Gasteiger partial charge in [0.25, 0.3) is 0 Å². The van der Waals surface area contributed by atoms with Crippen LogP contribution in [-0.2, 0) is 7.05 Å². The van der Waals surface area contributed by atoms with Crippen molar-refractivity contribution < 1.29 is 4.74 Å². The van der Waals surface area contributed by atoms with Gasteiger partial charge in [0.05, 0.1) is 5.39 Å². The zero-order chi connectivity index (χ0) is 23.3. The van der Waals surface area contributed by atoms with Crippen molar-refractivity contribution in [1.82, 2.24) is 19.4 Å². The summed E-state index contributed by atoms with van der Waals surface area (Å²) in [6.45, 7) is 2.40. The second-order valence-corrected chi connectivity index (χ2v) is 9.73. The number of ether oxygens (including phenoxy) is 1. The first-order valence-corrected chi connectivity index (χ1v) is 11.6. The van der Waals surface area contributed by atoms with Gasteiger partial charge in [0.1, 0.15) is 35.0 Å². The van der Waals surface area contributed by atoms with Crippen molar-refractivity contribution >= 4 is 16.9 Å². The van der Waals surface area contributed by atoms with Crippen LogP contribution < -0.4 is 10.5 Å². The second kappa shape index (κ2) is 7.89. The molecule has 1 aliphatic carbocycles. The Bertz CT molecular complexity index is 1420. The zero-order valence-corrected chi connectivity index (χ0v) is 19.5. The lowest BCUT2D eigenvalue weighted by molar-refractivity contribution is -0.0651. The molecule has 0 unspecified atom stereocenters. The minimum atomic E-state index is 0.449. The third-order valence-corrected chi connectivity index (χ3v) is 7.08. The summed E-state index contributed by atoms with van der Waals surface area (Å²) in [4.78, 5) is 11.2. The molecule has 1 saturated carbocycles. The number of para-hydroxylation sites is 1. The fraction of sp³-hybridized carbons (Fsp3) is 0.286. The normalized spacial score (nSPS) is 17.1. The summed E-state index contributed by atoms with van der Waals surface area (Å²) in [7, 11) is 4.19. The van der Waals surface area contributed by atoms with Crippen molar-refractivity contribution in [2.45, 2.75) is 12.8 Å². The van der Waals surface area contributed by atoms with Crippen LogP contribution in [0.25, 0.3) is 22.2 Å². The van der Waals surface area contributed by atoms with Crippen molar-refractivity contribution in [3.63, 3.8) is 0 Å². The predicted molar refractivity (Wildman–Crippen MR) is 134 cm³/mol. The first-order valence-electron chi connectivity index (χ1n) is 11.6. The van der Waals surface area contributed by atoms with Crippen molar-refractivity contribution in [2.24, 2.45) is 18.4 Å². The maximum Gasteiger partial charge on any atom is 0.146 e. The first-order chi connectivity index (χ1) is 16.5. The summed E-state index contributed by atoms with van der Waals surface area (Å²) >= 11 is 0. The van der Waals surface area contributed by atoms with Gasteiger partial charge in [0, 0.05) is 31.6 Å². The molecule has 34 heavy (non-hydrogen) atoms. The Hall–Kier alpha value is -3.82. The lowest BCUT2D eigenvalue weighted by Gasteiger charge is -2.57. The molecule has 6 heteroatoms. The van der Waals surface area contributed by atoms with Crippen molar-refractivity contribution in [2.75, 3.05) is 25.9 Å². The number of likely N-dealkylation sites (tertiary alicyclic amines) is 1. The maximum absolute atomic E-state index is 6.33. The van der Waals surface area contributed by atoms with Gasteiger partial charge in [-0.2, -0.15) is 0 Å². The summed E-state index contributed by atoms with van der Waals surface area (Å²) in [5.41, 5.74) is 10.6. The fourth-order valence-electron chi connectivity index (χ4n) is 5.63. The monoisotopic (exact) mass is 449 g/mol. The molecule has 1 spiro atoms. The molecule has 170 valence electrons. The van der Waals surface area contributed by atoms with Crippen LogP contribution in [0.4, 0.5) is 5.82 Å². The molecule has 2 aromatic heterocycles. The molecular formula is C28H27N5O. The molecule has 2 fully saturated rings. The van der Waals surface area contributed by atoms with Crippen molar-refractivity contribution in [3.05, 3.63) is 66.6 Å². The molecule has 0 radical (unpaired) electrons. The highest BCUT2D eigenvalue weighted by molar-refractivity contribution is 6.03. The predicted octanol–water partition coefficient (Wildman–Crippen LogP) is 4.70. The van der Waals surface area contributed by atoms with Gasteiger partial charge < -0.3 is 19.9 Å². The number of aromatic nitrogens is 3. The number of hydrogen-bond acceptors (Lipinski definition) is 5. The van der Waals surface area contributed by atoms with E-state index in [0.29, 0.717) is 17.2 Å². The van der Waals surface area contributed by atoms with Crippen LogP contribution in [0.2, 0.25) is 0 Å². The molecular weight excluding hydrogens is 422 g/mol. The Morgan fingerprint density at radius 3 is 2.38 bits per heavy atom.